The molecule has 9 nitrogen and oxygen atoms in total. The van der Waals surface area contributed by atoms with E-state index in [1.54, 1.807) is 12.3 Å². The van der Waals surface area contributed by atoms with Gasteiger partial charge in [-0.05, 0) is 77.5 Å². The van der Waals surface area contributed by atoms with Gasteiger partial charge in [0.25, 0.3) is 0 Å². The summed E-state index contributed by atoms with van der Waals surface area (Å²) >= 11 is 0. The molecule has 2 aromatic rings. The molecule has 11 heteroatoms. The summed E-state index contributed by atoms with van der Waals surface area (Å²) < 4.78 is 27.4. The first-order valence-electron chi connectivity index (χ1n) is 14.1. The summed E-state index contributed by atoms with van der Waals surface area (Å²) in [5.74, 6) is -0.342. The molecule has 0 radical (unpaired) electrons. The van der Waals surface area contributed by atoms with Crippen molar-refractivity contribution in [3.8, 4) is 5.82 Å². The number of aromatic nitrogens is 3. The third-order valence-electron chi connectivity index (χ3n) is 9.52. The molecule has 4 heterocycles. The molecule has 1 aliphatic carbocycles. The molecular weight excluding hydrogens is 512 g/mol. The zero-order valence-corrected chi connectivity index (χ0v) is 24.3. The lowest BCUT2D eigenvalue weighted by Crippen LogP contribution is -2.71. The number of carbonyl (C=O) groups is 2. The number of hydrogen-bond acceptors (Lipinski definition) is 8. The molecule has 0 aromatic carbocycles. The molecule has 5 rings (SSSR count). The van der Waals surface area contributed by atoms with Gasteiger partial charge in [-0.1, -0.05) is 19.1 Å². The number of Topliss-reactive ketones (excluding diaryl/α,β-unsaturated/α-hetero) is 1. The van der Waals surface area contributed by atoms with Crippen LogP contribution in [0.5, 0.6) is 0 Å². The van der Waals surface area contributed by atoms with E-state index in [-0.39, 0.29) is 6.04 Å². The third-order valence-corrected chi connectivity index (χ3v) is 9.52. The smallest absolute Gasteiger partial charge is 0.400 e. The van der Waals surface area contributed by atoms with E-state index in [9.17, 15) is 14.0 Å². The van der Waals surface area contributed by atoms with Gasteiger partial charge < -0.3 is 9.31 Å². The van der Waals surface area contributed by atoms with Crippen LogP contribution in [0.15, 0.2) is 42.3 Å². The molecule has 3 atom stereocenters. The Morgan fingerprint density at radius 1 is 1.20 bits per heavy atom. The summed E-state index contributed by atoms with van der Waals surface area (Å²) in [7, 11) is -0.413. The lowest BCUT2D eigenvalue weighted by molar-refractivity contribution is -0.145. The maximum Gasteiger partial charge on any atom is 0.490 e. The van der Waals surface area contributed by atoms with Gasteiger partial charge in [0.05, 0.1) is 29.6 Å². The van der Waals surface area contributed by atoms with Crippen molar-refractivity contribution in [2.24, 2.45) is 0 Å². The predicted molar refractivity (Wildman–Crippen MR) is 149 cm³/mol. The fourth-order valence-corrected chi connectivity index (χ4v) is 6.47. The van der Waals surface area contributed by atoms with Crippen LogP contribution >= 0.6 is 0 Å². The number of hydrogen-bond donors (Lipinski definition) is 0. The molecule has 2 saturated heterocycles. The quantitative estimate of drug-likeness (QED) is 0.292. The molecule has 3 aliphatic rings. The van der Waals surface area contributed by atoms with Crippen LogP contribution in [-0.2, 0) is 18.9 Å². The van der Waals surface area contributed by atoms with E-state index in [0.717, 1.165) is 36.7 Å². The van der Waals surface area contributed by atoms with Crippen molar-refractivity contribution in [1.29, 1.82) is 0 Å². The highest BCUT2D eigenvalue weighted by molar-refractivity contribution is 6.54. The lowest BCUT2D eigenvalue weighted by atomic mass is 9.64. The Morgan fingerprint density at radius 2 is 1.93 bits per heavy atom. The van der Waals surface area contributed by atoms with E-state index in [2.05, 4.69) is 32.9 Å². The van der Waals surface area contributed by atoms with E-state index in [1.165, 1.54) is 10.9 Å². The number of nitrogens with zero attached hydrogens (tertiary/aromatic N) is 5. The van der Waals surface area contributed by atoms with Gasteiger partial charge in [0.2, 0.25) is 5.78 Å². The van der Waals surface area contributed by atoms with Crippen molar-refractivity contribution >= 4 is 19.2 Å². The Kier molecular flexibility index (Phi) is 7.63. The average molecular weight is 551 g/mol. The summed E-state index contributed by atoms with van der Waals surface area (Å²) in [4.78, 5) is 34.5. The van der Waals surface area contributed by atoms with Crippen LogP contribution < -0.4 is 0 Å². The Morgan fingerprint density at radius 3 is 2.45 bits per heavy atom. The molecular formula is C29H39BFN5O4. The minimum absolute atomic E-state index is 0.172. The Bertz CT molecular complexity index is 1280. The number of halogens is 1. The Labute approximate surface area is 235 Å². The standard InChI is InChI=1S/C29H39BFN5O4/c1-7-34-14-15-35(20(2)21-8-9-25(32-16-21)36-18-23(31)17-33-36)26(24(38)19-37)29(34)12-10-22(11-13-29)30-39-27(3,4)28(5,6)40-30/h8-10,16-20,26H,7,11-15H2,1-6H3/t20-,26?,29?/m0/s1. The van der Waals surface area contributed by atoms with Gasteiger partial charge >= 0.3 is 7.12 Å². The van der Waals surface area contributed by atoms with Gasteiger partial charge in [0, 0.05) is 30.9 Å². The first kappa shape index (κ1) is 28.8. The first-order valence-corrected chi connectivity index (χ1v) is 14.1. The highest BCUT2D eigenvalue weighted by Crippen LogP contribution is 2.46. The van der Waals surface area contributed by atoms with E-state index >= 15 is 0 Å². The molecule has 2 unspecified atom stereocenters. The van der Waals surface area contributed by atoms with Crippen LogP contribution in [0.4, 0.5) is 4.39 Å². The normalized spacial score (nSPS) is 27.5. The summed E-state index contributed by atoms with van der Waals surface area (Å²) in [5, 5.41) is 3.98. The van der Waals surface area contributed by atoms with E-state index in [4.69, 9.17) is 9.31 Å². The van der Waals surface area contributed by atoms with Crippen LogP contribution in [0.25, 0.3) is 5.82 Å². The molecule has 0 saturated carbocycles. The van der Waals surface area contributed by atoms with Gasteiger partial charge in [-0.3, -0.25) is 19.4 Å². The minimum Gasteiger partial charge on any atom is -0.400 e. The fourth-order valence-electron chi connectivity index (χ4n) is 6.47. The SMILES string of the molecule is CCN1CCN([C@@H](C)c2ccc(-n3cc(F)cn3)nc2)C(C(=O)C=O)C12CC=C(B1OC(C)(C)C(C)(C)O1)CC2. The Hall–Kier alpha value is -2.73. The molecule has 40 heavy (non-hydrogen) atoms. The van der Waals surface area contributed by atoms with Gasteiger partial charge in [0.1, 0.15) is 0 Å². The maximum absolute atomic E-state index is 13.4. The van der Waals surface area contributed by atoms with Crippen molar-refractivity contribution in [2.45, 2.75) is 89.6 Å². The molecule has 214 valence electrons. The van der Waals surface area contributed by atoms with Crippen LogP contribution in [0, 0.1) is 5.82 Å². The molecule has 0 N–H and O–H groups in total. The number of pyridine rings is 1. The van der Waals surface area contributed by atoms with Gasteiger partial charge in [-0.25, -0.2) is 14.1 Å². The van der Waals surface area contributed by atoms with Gasteiger partial charge in [0.15, 0.2) is 17.9 Å². The van der Waals surface area contributed by atoms with E-state index in [0.29, 0.717) is 31.5 Å². The second kappa shape index (κ2) is 10.6. The number of rotatable bonds is 7. The molecule has 0 amide bonds. The largest absolute Gasteiger partial charge is 0.490 e. The van der Waals surface area contributed by atoms with Crippen molar-refractivity contribution < 1.29 is 23.3 Å². The van der Waals surface area contributed by atoms with Crippen molar-refractivity contribution in [1.82, 2.24) is 24.6 Å². The van der Waals surface area contributed by atoms with Crippen LogP contribution in [0.2, 0.25) is 0 Å². The van der Waals surface area contributed by atoms with Crippen LogP contribution in [-0.4, -0.2) is 86.2 Å². The highest BCUT2D eigenvalue weighted by Gasteiger charge is 2.56. The average Bonchev–Trinajstić information content (AvgIpc) is 3.46. The fraction of sp³-hybridized carbons (Fsp3) is 0.586. The topological polar surface area (TPSA) is 89.8 Å². The molecule has 1 spiro atoms. The monoisotopic (exact) mass is 551 g/mol. The number of piperazine rings is 1. The molecule has 0 bridgehead atoms. The second-order valence-electron chi connectivity index (χ2n) is 12.1. The Balaban J connectivity index is 1.43. The number of ketones is 1. The van der Waals surface area contributed by atoms with Crippen LogP contribution in [0.1, 0.15) is 72.4 Å². The van der Waals surface area contributed by atoms with Crippen molar-refractivity contribution in [3.05, 3.63) is 53.7 Å². The first-order chi connectivity index (χ1) is 18.9. The number of allylic oxidation sites excluding steroid dienone is 1. The minimum atomic E-state index is -0.607. The van der Waals surface area contributed by atoms with E-state index in [1.807, 2.05) is 40.7 Å². The summed E-state index contributed by atoms with van der Waals surface area (Å²) in [6.07, 6.45) is 8.85. The van der Waals surface area contributed by atoms with E-state index < -0.39 is 41.5 Å². The molecule has 2 aromatic heterocycles. The molecule has 2 fully saturated rings. The van der Waals surface area contributed by atoms with Gasteiger partial charge in [-0.15, -0.1) is 0 Å². The molecule has 2 aliphatic heterocycles. The van der Waals surface area contributed by atoms with Crippen LogP contribution in [0.3, 0.4) is 0 Å². The lowest BCUT2D eigenvalue weighted by Gasteiger charge is -2.57. The number of likely N-dealkylation sites (N-methyl/N-ethyl adjacent to an activating group) is 1. The summed E-state index contributed by atoms with van der Waals surface area (Å²) in [5.41, 5.74) is 0.630. The predicted octanol–water partition coefficient (Wildman–Crippen LogP) is 3.72. The zero-order valence-electron chi connectivity index (χ0n) is 24.3. The maximum atomic E-state index is 13.4. The second-order valence-corrected chi connectivity index (χ2v) is 12.1. The third kappa shape index (κ3) is 4.87. The summed E-state index contributed by atoms with van der Waals surface area (Å²) in [6, 6.07) is 2.93. The van der Waals surface area contributed by atoms with Gasteiger partial charge in [-0.2, -0.15) is 5.10 Å². The van der Waals surface area contributed by atoms with Crippen molar-refractivity contribution in [3.63, 3.8) is 0 Å². The zero-order chi connectivity index (χ0) is 28.9. The summed E-state index contributed by atoms with van der Waals surface area (Å²) in [6.45, 7) is 14.5. The van der Waals surface area contributed by atoms with Crippen molar-refractivity contribution in [2.75, 3.05) is 19.6 Å². The number of aldehydes is 1. The highest BCUT2D eigenvalue weighted by atomic mass is 19.1. The number of carbonyl (C=O) groups excluding carboxylic acids is 2.